The fourth-order valence-corrected chi connectivity index (χ4v) is 5.42. The predicted octanol–water partition coefficient (Wildman–Crippen LogP) is 7.20. The number of benzene rings is 4. The number of aryl methyl sites for hydroxylation is 3. The van der Waals surface area contributed by atoms with E-state index in [1.807, 2.05) is 23.6 Å². The molecule has 2 heterocycles. The van der Waals surface area contributed by atoms with Crippen molar-refractivity contribution in [3.63, 3.8) is 0 Å². The van der Waals surface area contributed by atoms with Gasteiger partial charge in [-0.3, -0.25) is 0 Å². The monoisotopic (exact) mass is 500 g/mol. The molecule has 0 saturated carbocycles. The summed E-state index contributed by atoms with van der Waals surface area (Å²) in [5, 5.41) is 22.0. The van der Waals surface area contributed by atoms with Crippen LogP contribution in [-0.4, -0.2) is 19.3 Å². The number of hydrogen-bond donors (Lipinski definition) is 2. The van der Waals surface area contributed by atoms with Crippen LogP contribution in [0.4, 0.5) is 8.78 Å². The van der Waals surface area contributed by atoms with Crippen LogP contribution in [0.1, 0.15) is 30.5 Å². The number of aliphatic hydroxyl groups is 2. The normalized spacial score (nSPS) is 11.5. The Hall–Kier alpha value is -3.74. The van der Waals surface area contributed by atoms with Gasteiger partial charge in [0.15, 0.2) is 11.6 Å². The molecule has 0 aliphatic heterocycles. The van der Waals surface area contributed by atoms with Gasteiger partial charge in [-0.05, 0) is 79.9 Å². The molecule has 0 saturated heterocycles. The third kappa shape index (κ3) is 4.06. The minimum Gasteiger partial charge on any atom is -0.392 e. The summed E-state index contributed by atoms with van der Waals surface area (Å²) >= 11 is 0. The summed E-state index contributed by atoms with van der Waals surface area (Å²) < 4.78 is 31.8. The van der Waals surface area contributed by atoms with Crippen molar-refractivity contribution in [3.05, 3.63) is 95.1 Å². The van der Waals surface area contributed by atoms with Gasteiger partial charge in [-0.1, -0.05) is 24.3 Å². The van der Waals surface area contributed by atoms with Crippen LogP contribution in [0.15, 0.2) is 66.7 Å². The third-order valence-corrected chi connectivity index (χ3v) is 7.15. The zero-order chi connectivity index (χ0) is 26.3. The molecule has 0 aliphatic carbocycles. The summed E-state index contributed by atoms with van der Waals surface area (Å²) in [6, 6.07) is 20.7. The van der Waals surface area contributed by atoms with E-state index in [9.17, 15) is 19.0 Å². The Kier molecular flexibility index (Phi) is 6.71. The van der Waals surface area contributed by atoms with Crippen LogP contribution in [0.25, 0.3) is 43.6 Å². The van der Waals surface area contributed by atoms with Crippen molar-refractivity contribution in [1.29, 1.82) is 0 Å². The maximum absolute atomic E-state index is 14.1. The smallest absolute Gasteiger partial charge is 0.168 e. The first-order valence-electron chi connectivity index (χ1n) is 12.5. The summed E-state index contributed by atoms with van der Waals surface area (Å²) in [5.41, 5.74) is 7.00. The number of nitrogens with zero attached hydrogens (tertiary/aromatic N) is 2. The molecule has 0 radical (unpaired) electrons. The van der Waals surface area contributed by atoms with Crippen LogP contribution in [0.2, 0.25) is 0 Å². The zero-order valence-electron chi connectivity index (χ0n) is 21.2. The van der Waals surface area contributed by atoms with Crippen molar-refractivity contribution in [1.82, 2.24) is 9.13 Å². The molecule has 0 spiro atoms. The second-order valence-electron chi connectivity index (χ2n) is 9.23. The highest BCUT2D eigenvalue weighted by Gasteiger charge is 2.16. The second kappa shape index (κ2) is 9.96. The number of aliphatic hydroxyl groups excluding tert-OH is 2. The molecule has 2 aromatic heterocycles. The number of halogens is 2. The molecule has 0 bridgehead atoms. The molecule has 0 atom stereocenters. The first kappa shape index (κ1) is 24.9. The Morgan fingerprint density at radius 2 is 1.16 bits per heavy atom. The average Bonchev–Trinajstić information content (AvgIpc) is 3.42. The van der Waals surface area contributed by atoms with E-state index in [0.29, 0.717) is 23.0 Å². The Balaban J connectivity index is 0.000000152. The lowest BCUT2D eigenvalue weighted by molar-refractivity contribution is 0.282. The molecule has 6 aromatic rings. The maximum atomic E-state index is 14.1. The largest absolute Gasteiger partial charge is 0.392 e. The lowest BCUT2D eigenvalue weighted by Gasteiger charge is -2.03. The van der Waals surface area contributed by atoms with Crippen LogP contribution < -0.4 is 0 Å². The molecule has 6 rings (SSSR count). The quantitative estimate of drug-likeness (QED) is 0.269. The van der Waals surface area contributed by atoms with Gasteiger partial charge < -0.3 is 19.3 Å². The van der Waals surface area contributed by atoms with Crippen molar-refractivity contribution in [2.75, 3.05) is 0 Å². The lowest BCUT2D eigenvalue weighted by Crippen LogP contribution is -1.93. The topological polar surface area (TPSA) is 50.3 Å². The van der Waals surface area contributed by atoms with Crippen LogP contribution in [0.3, 0.4) is 0 Å². The molecule has 4 nitrogen and oxygen atoms in total. The average molecular weight is 501 g/mol. The van der Waals surface area contributed by atoms with Gasteiger partial charge in [-0.15, -0.1) is 0 Å². The Morgan fingerprint density at radius 1 is 0.649 bits per heavy atom. The minimum atomic E-state index is -0.850. The van der Waals surface area contributed by atoms with Gasteiger partial charge in [0, 0.05) is 51.2 Å². The van der Waals surface area contributed by atoms with Crippen molar-refractivity contribution in [3.8, 4) is 0 Å². The summed E-state index contributed by atoms with van der Waals surface area (Å²) in [5.74, 6) is -1.68. The molecule has 190 valence electrons. The Morgan fingerprint density at radius 3 is 1.70 bits per heavy atom. The fraction of sp³-hybridized carbons (Fsp3) is 0.226. The Labute approximate surface area is 214 Å². The summed E-state index contributed by atoms with van der Waals surface area (Å²) in [6.07, 6.45) is 0. The van der Waals surface area contributed by atoms with E-state index in [1.54, 1.807) is 18.2 Å². The number of rotatable bonds is 4. The molecule has 0 fully saturated rings. The van der Waals surface area contributed by atoms with Crippen LogP contribution >= 0.6 is 0 Å². The van der Waals surface area contributed by atoms with E-state index < -0.39 is 11.6 Å². The highest BCUT2D eigenvalue weighted by atomic mass is 19.2. The van der Waals surface area contributed by atoms with Gasteiger partial charge in [0.2, 0.25) is 0 Å². The van der Waals surface area contributed by atoms with Crippen LogP contribution in [-0.2, 0) is 26.3 Å². The van der Waals surface area contributed by atoms with E-state index >= 15 is 0 Å². The third-order valence-electron chi connectivity index (χ3n) is 7.15. The van der Waals surface area contributed by atoms with Gasteiger partial charge in [-0.25, -0.2) is 8.78 Å². The number of fused-ring (bicyclic) bond motifs is 6. The van der Waals surface area contributed by atoms with E-state index in [0.717, 1.165) is 23.7 Å². The molecule has 6 heteroatoms. The van der Waals surface area contributed by atoms with Crippen molar-refractivity contribution in [2.45, 2.75) is 47.1 Å². The van der Waals surface area contributed by atoms with Crippen molar-refractivity contribution < 1.29 is 19.0 Å². The minimum absolute atomic E-state index is 0.0978. The van der Waals surface area contributed by atoms with Gasteiger partial charge in [0.25, 0.3) is 0 Å². The molecule has 0 unspecified atom stereocenters. The molecular weight excluding hydrogens is 470 g/mol. The van der Waals surface area contributed by atoms with E-state index in [2.05, 4.69) is 48.7 Å². The van der Waals surface area contributed by atoms with Crippen LogP contribution in [0.5, 0.6) is 0 Å². The van der Waals surface area contributed by atoms with Crippen molar-refractivity contribution in [2.24, 2.45) is 0 Å². The Bertz CT molecular complexity index is 1760. The summed E-state index contributed by atoms with van der Waals surface area (Å²) in [4.78, 5) is 0. The van der Waals surface area contributed by atoms with E-state index in [-0.39, 0.29) is 18.6 Å². The van der Waals surface area contributed by atoms with Crippen LogP contribution in [0, 0.1) is 18.6 Å². The SMILES string of the molecule is CCn1c2ccc(CO)cc2c2c(C)cccc21.CCn1c2ccc(CO)cc2c2c(F)c(F)ccc21. The standard InChI is InChI=1S/C16H17NO.C15H13F2NO/c1-3-17-14-8-7-12(10-18)9-13(14)16-11(2)5-4-6-15(16)17;1-2-18-12-5-3-9(8-19)7-10(12)14-13(18)6-4-11(16)15(14)17/h4-9,18H,3,10H2,1-2H3;3-7,19H,2,8H2,1H3. The number of aromatic nitrogens is 2. The molecule has 4 aromatic carbocycles. The molecule has 0 aliphatic rings. The lowest BCUT2D eigenvalue weighted by atomic mass is 10.1. The summed E-state index contributed by atoms with van der Waals surface area (Å²) in [7, 11) is 0. The molecular formula is C31H30F2N2O2. The van der Waals surface area contributed by atoms with E-state index in [4.69, 9.17) is 0 Å². The van der Waals surface area contributed by atoms with Crippen molar-refractivity contribution >= 4 is 43.6 Å². The zero-order valence-corrected chi connectivity index (χ0v) is 21.2. The van der Waals surface area contributed by atoms with Gasteiger partial charge >= 0.3 is 0 Å². The molecule has 2 N–H and O–H groups in total. The first-order valence-corrected chi connectivity index (χ1v) is 12.5. The number of hydrogen-bond acceptors (Lipinski definition) is 2. The van der Waals surface area contributed by atoms with E-state index in [1.165, 1.54) is 27.4 Å². The van der Waals surface area contributed by atoms with Gasteiger partial charge in [-0.2, -0.15) is 0 Å². The maximum Gasteiger partial charge on any atom is 0.168 e. The summed E-state index contributed by atoms with van der Waals surface area (Å²) in [6.45, 7) is 7.88. The van der Waals surface area contributed by atoms with Gasteiger partial charge in [0.1, 0.15) is 0 Å². The fourth-order valence-electron chi connectivity index (χ4n) is 5.42. The highest BCUT2D eigenvalue weighted by molar-refractivity contribution is 6.10. The highest BCUT2D eigenvalue weighted by Crippen LogP contribution is 2.33. The first-order chi connectivity index (χ1) is 17.9. The molecule has 37 heavy (non-hydrogen) atoms. The van der Waals surface area contributed by atoms with Gasteiger partial charge in [0.05, 0.1) is 18.7 Å². The molecule has 0 amide bonds. The second-order valence-corrected chi connectivity index (χ2v) is 9.23. The predicted molar refractivity (Wildman–Crippen MR) is 147 cm³/mol.